The van der Waals surface area contributed by atoms with Crippen molar-refractivity contribution in [2.24, 2.45) is 0 Å². The Balaban J connectivity index is 2.21. The number of anilines is 1. The highest BCUT2D eigenvalue weighted by molar-refractivity contribution is 9.10. The zero-order chi connectivity index (χ0) is 13.1. The minimum absolute atomic E-state index is 0.106. The van der Waals surface area contributed by atoms with E-state index in [0.717, 1.165) is 0 Å². The molecule has 0 fully saturated rings. The third-order valence-corrected chi connectivity index (χ3v) is 2.97. The van der Waals surface area contributed by atoms with Gasteiger partial charge in [0.1, 0.15) is 5.82 Å². The molecule has 94 valence electrons. The Labute approximate surface area is 112 Å². The first-order chi connectivity index (χ1) is 8.58. The van der Waals surface area contributed by atoms with E-state index in [2.05, 4.69) is 26.2 Å². The van der Waals surface area contributed by atoms with Crippen molar-refractivity contribution < 1.29 is 8.78 Å². The van der Waals surface area contributed by atoms with E-state index in [9.17, 15) is 8.78 Å². The highest BCUT2D eigenvalue weighted by Crippen LogP contribution is 2.23. The molecule has 2 aromatic rings. The molecule has 1 heterocycles. The molecule has 1 atom stereocenters. The van der Waals surface area contributed by atoms with E-state index in [4.69, 9.17) is 0 Å². The van der Waals surface area contributed by atoms with Crippen LogP contribution in [0.2, 0.25) is 0 Å². The van der Waals surface area contributed by atoms with Gasteiger partial charge >= 0.3 is 0 Å². The van der Waals surface area contributed by atoms with Gasteiger partial charge in [-0.1, -0.05) is 18.2 Å². The Bertz CT molecular complexity index is 560. The predicted molar refractivity (Wildman–Crippen MR) is 70.3 cm³/mol. The van der Waals surface area contributed by atoms with Gasteiger partial charge in [0.2, 0.25) is 0 Å². The van der Waals surface area contributed by atoms with E-state index >= 15 is 0 Å². The summed E-state index contributed by atoms with van der Waals surface area (Å²) >= 11 is 3.13. The van der Waals surface area contributed by atoms with Crippen LogP contribution in [0.1, 0.15) is 18.5 Å². The van der Waals surface area contributed by atoms with Crippen LogP contribution in [-0.4, -0.2) is 4.98 Å². The number of nitrogens with zero attached hydrogens (tertiary/aromatic N) is 1. The van der Waals surface area contributed by atoms with Crippen LogP contribution in [-0.2, 0) is 0 Å². The van der Waals surface area contributed by atoms with Crippen molar-refractivity contribution in [2.75, 3.05) is 5.32 Å². The van der Waals surface area contributed by atoms with Crippen molar-refractivity contribution >= 4 is 21.7 Å². The number of pyridine rings is 1. The largest absolute Gasteiger partial charge is 0.361 e. The monoisotopic (exact) mass is 312 g/mol. The van der Waals surface area contributed by atoms with Gasteiger partial charge in [0.15, 0.2) is 11.6 Å². The minimum atomic E-state index is -0.479. The first-order valence-electron chi connectivity index (χ1n) is 5.40. The molecule has 1 aromatic heterocycles. The molecule has 1 aromatic carbocycles. The van der Waals surface area contributed by atoms with Crippen LogP contribution < -0.4 is 5.32 Å². The van der Waals surface area contributed by atoms with Gasteiger partial charge in [-0.3, -0.25) is 0 Å². The highest BCUT2D eigenvalue weighted by Gasteiger charge is 2.13. The smallest absolute Gasteiger partial charge is 0.166 e. The van der Waals surface area contributed by atoms with E-state index in [1.165, 1.54) is 18.3 Å². The van der Waals surface area contributed by atoms with Gasteiger partial charge in [-0.2, -0.15) is 0 Å². The third kappa shape index (κ3) is 2.85. The van der Waals surface area contributed by atoms with Crippen molar-refractivity contribution in [3.63, 3.8) is 0 Å². The summed E-state index contributed by atoms with van der Waals surface area (Å²) in [6.45, 7) is 1.75. The Hall–Kier alpha value is -1.49. The normalized spacial score (nSPS) is 12.2. The summed E-state index contributed by atoms with van der Waals surface area (Å²) < 4.78 is 27.7. The molecule has 0 aliphatic rings. The lowest BCUT2D eigenvalue weighted by Crippen LogP contribution is -2.10. The zero-order valence-electron chi connectivity index (χ0n) is 9.62. The molecule has 0 amide bonds. The maximum Gasteiger partial charge on any atom is 0.166 e. The van der Waals surface area contributed by atoms with Crippen molar-refractivity contribution in [3.05, 3.63) is 58.2 Å². The van der Waals surface area contributed by atoms with Crippen molar-refractivity contribution in [1.82, 2.24) is 4.98 Å². The van der Waals surface area contributed by atoms with Crippen molar-refractivity contribution in [3.8, 4) is 0 Å². The Morgan fingerprint density at radius 2 is 1.94 bits per heavy atom. The van der Waals surface area contributed by atoms with Crippen LogP contribution in [0.15, 0.2) is 41.0 Å². The minimum Gasteiger partial charge on any atom is -0.361 e. The molecule has 5 heteroatoms. The van der Waals surface area contributed by atoms with E-state index in [0.29, 0.717) is 10.0 Å². The van der Waals surface area contributed by atoms with Crippen LogP contribution in [0.25, 0.3) is 0 Å². The van der Waals surface area contributed by atoms with Crippen LogP contribution >= 0.6 is 15.9 Å². The highest BCUT2D eigenvalue weighted by atomic mass is 79.9. The average Bonchev–Trinajstić information content (AvgIpc) is 2.33. The van der Waals surface area contributed by atoms with Gasteiger partial charge in [0, 0.05) is 16.2 Å². The third-order valence-electron chi connectivity index (χ3n) is 2.53. The van der Waals surface area contributed by atoms with Crippen LogP contribution in [0.5, 0.6) is 0 Å². The molecular weight excluding hydrogens is 302 g/mol. The van der Waals surface area contributed by atoms with Gasteiger partial charge in [0.25, 0.3) is 0 Å². The second kappa shape index (κ2) is 5.44. The molecule has 0 saturated heterocycles. The van der Waals surface area contributed by atoms with Crippen LogP contribution in [0, 0.1) is 11.6 Å². The molecule has 2 nitrogen and oxygen atoms in total. The van der Waals surface area contributed by atoms with E-state index in [-0.39, 0.29) is 17.7 Å². The first kappa shape index (κ1) is 13.0. The topological polar surface area (TPSA) is 24.9 Å². The maximum absolute atomic E-state index is 13.6. The zero-order valence-corrected chi connectivity index (χ0v) is 11.2. The van der Waals surface area contributed by atoms with Crippen LogP contribution in [0.3, 0.4) is 0 Å². The fourth-order valence-corrected chi connectivity index (χ4v) is 1.93. The molecule has 2 rings (SSSR count). The summed E-state index contributed by atoms with van der Waals surface area (Å²) in [7, 11) is 0. The molecule has 1 N–H and O–H groups in total. The molecular formula is C13H11BrF2N2. The number of rotatable bonds is 3. The maximum atomic E-state index is 13.6. The lowest BCUT2D eigenvalue weighted by atomic mass is 10.1. The Morgan fingerprint density at radius 1 is 1.22 bits per heavy atom. The number of halogens is 3. The molecule has 0 aliphatic heterocycles. The van der Waals surface area contributed by atoms with Gasteiger partial charge < -0.3 is 5.32 Å². The Kier molecular flexibility index (Phi) is 3.91. The SMILES string of the molecule is CC(Nc1ncc(Br)cc1F)c1ccccc1F. The second-order valence-electron chi connectivity index (χ2n) is 3.87. The molecule has 0 saturated carbocycles. The van der Waals surface area contributed by atoms with Gasteiger partial charge in [-0.05, 0) is 35.0 Å². The van der Waals surface area contributed by atoms with Crippen molar-refractivity contribution in [1.29, 1.82) is 0 Å². The predicted octanol–water partition coefficient (Wildman–Crippen LogP) is 4.30. The van der Waals surface area contributed by atoms with Gasteiger partial charge in [-0.25, -0.2) is 13.8 Å². The second-order valence-corrected chi connectivity index (χ2v) is 4.79. The van der Waals surface area contributed by atoms with Gasteiger partial charge in [0.05, 0.1) is 6.04 Å². The molecule has 0 radical (unpaired) electrons. The summed E-state index contributed by atoms with van der Waals surface area (Å²) in [4.78, 5) is 3.92. The number of nitrogens with one attached hydrogen (secondary N) is 1. The number of hydrogen-bond donors (Lipinski definition) is 1. The van der Waals surface area contributed by atoms with E-state index in [1.807, 2.05) is 0 Å². The van der Waals surface area contributed by atoms with Crippen molar-refractivity contribution in [2.45, 2.75) is 13.0 Å². The number of benzene rings is 1. The molecule has 0 aliphatic carbocycles. The molecule has 18 heavy (non-hydrogen) atoms. The average molecular weight is 313 g/mol. The Morgan fingerprint density at radius 3 is 2.61 bits per heavy atom. The fraction of sp³-hybridized carbons (Fsp3) is 0.154. The van der Waals surface area contributed by atoms with Gasteiger partial charge in [-0.15, -0.1) is 0 Å². The summed E-state index contributed by atoms with van der Waals surface area (Å²) in [5, 5.41) is 2.85. The molecule has 0 bridgehead atoms. The molecule has 0 spiro atoms. The van der Waals surface area contributed by atoms with E-state index in [1.54, 1.807) is 25.1 Å². The van der Waals surface area contributed by atoms with Crippen LogP contribution in [0.4, 0.5) is 14.6 Å². The first-order valence-corrected chi connectivity index (χ1v) is 6.19. The lowest BCUT2D eigenvalue weighted by molar-refractivity contribution is 0.594. The lowest BCUT2D eigenvalue weighted by Gasteiger charge is -2.16. The summed E-state index contributed by atoms with van der Waals surface area (Å²) in [5.74, 6) is -0.698. The fourth-order valence-electron chi connectivity index (χ4n) is 1.63. The quantitative estimate of drug-likeness (QED) is 0.914. The number of aromatic nitrogens is 1. The standard InChI is InChI=1S/C13H11BrF2N2/c1-8(10-4-2-3-5-11(10)15)18-13-12(16)6-9(14)7-17-13/h2-8H,1H3,(H,17,18). The summed E-state index contributed by atoms with van der Waals surface area (Å²) in [6, 6.07) is 7.33. The summed E-state index contributed by atoms with van der Waals surface area (Å²) in [5.41, 5.74) is 0.474. The number of hydrogen-bond acceptors (Lipinski definition) is 2. The molecule has 1 unspecified atom stereocenters. The summed E-state index contributed by atoms with van der Waals surface area (Å²) in [6.07, 6.45) is 1.49. The van der Waals surface area contributed by atoms with E-state index < -0.39 is 5.82 Å².